The first-order valence-electron chi connectivity index (χ1n) is 6.13. The fraction of sp³-hybridized carbons (Fsp3) is 0.286. The lowest BCUT2D eigenvalue weighted by Crippen LogP contribution is -2.29. The van der Waals surface area contributed by atoms with Gasteiger partial charge in [-0.1, -0.05) is 35.0 Å². The van der Waals surface area contributed by atoms with Crippen molar-refractivity contribution in [2.24, 2.45) is 0 Å². The van der Waals surface area contributed by atoms with Crippen LogP contribution in [-0.4, -0.2) is 17.6 Å². The molecule has 0 spiro atoms. The average Bonchev–Trinajstić information content (AvgIpc) is 2.80. The monoisotopic (exact) mass is 259 g/mol. The molecule has 2 N–H and O–H groups in total. The number of aryl methyl sites for hydroxylation is 2. The normalized spacial score (nSPS) is 10.2. The Balaban J connectivity index is 1.75. The SMILES string of the molecule is Cc1cccc(CNC(=O)CNc2cc(C)on2)c1. The summed E-state index contributed by atoms with van der Waals surface area (Å²) in [6.45, 7) is 4.54. The quantitative estimate of drug-likeness (QED) is 0.862. The molecule has 100 valence electrons. The van der Waals surface area contributed by atoms with E-state index in [1.807, 2.05) is 25.1 Å². The molecule has 1 aromatic heterocycles. The molecular weight excluding hydrogens is 242 g/mol. The lowest BCUT2D eigenvalue weighted by molar-refractivity contribution is -0.119. The van der Waals surface area contributed by atoms with Crippen LogP contribution >= 0.6 is 0 Å². The predicted octanol–water partition coefficient (Wildman–Crippen LogP) is 2.02. The van der Waals surface area contributed by atoms with Gasteiger partial charge in [0, 0.05) is 12.6 Å². The summed E-state index contributed by atoms with van der Waals surface area (Å²) in [4.78, 5) is 11.6. The Morgan fingerprint density at radius 1 is 1.32 bits per heavy atom. The third kappa shape index (κ3) is 4.13. The smallest absolute Gasteiger partial charge is 0.239 e. The summed E-state index contributed by atoms with van der Waals surface area (Å²) in [5, 5.41) is 9.49. The molecule has 0 fully saturated rings. The number of rotatable bonds is 5. The Labute approximate surface area is 112 Å². The maximum Gasteiger partial charge on any atom is 0.239 e. The largest absolute Gasteiger partial charge is 0.360 e. The minimum atomic E-state index is -0.0813. The Morgan fingerprint density at radius 3 is 2.84 bits per heavy atom. The van der Waals surface area contributed by atoms with E-state index < -0.39 is 0 Å². The second kappa shape index (κ2) is 6.04. The van der Waals surface area contributed by atoms with Crippen LogP contribution in [0.4, 0.5) is 5.82 Å². The first kappa shape index (κ1) is 13.1. The zero-order valence-corrected chi connectivity index (χ0v) is 11.1. The van der Waals surface area contributed by atoms with E-state index in [9.17, 15) is 4.79 Å². The summed E-state index contributed by atoms with van der Waals surface area (Å²) in [7, 11) is 0. The van der Waals surface area contributed by atoms with Gasteiger partial charge in [-0.15, -0.1) is 0 Å². The molecule has 5 nitrogen and oxygen atoms in total. The van der Waals surface area contributed by atoms with Crippen molar-refractivity contribution in [2.45, 2.75) is 20.4 Å². The molecule has 0 atom stereocenters. The van der Waals surface area contributed by atoms with Crippen LogP contribution in [0.15, 0.2) is 34.9 Å². The summed E-state index contributed by atoms with van der Waals surface area (Å²) in [5.74, 6) is 1.20. The van der Waals surface area contributed by atoms with E-state index in [1.54, 1.807) is 13.0 Å². The van der Waals surface area contributed by atoms with Crippen LogP contribution in [0, 0.1) is 13.8 Å². The highest BCUT2D eigenvalue weighted by molar-refractivity contribution is 5.80. The van der Waals surface area contributed by atoms with Gasteiger partial charge in [-0.3, -0.25) is 4.79 Å². The highest BCUT2D eigenvalue weighted by Gasteiger charge is 2.04. The molecule has 0 aliphatic heterocycles. The number of carbonyl (C=O) groups is 1. The molecule has 0 radical (unpaired) electrons. The van der Waals surface area contributed by atoms with Crippen molar-refractivity contribution >= 4 is 11.7 Å². The number of aromatic nitrogens is 1. The summed E-state index contributed by atoms with van der Waals surface area (Å²) in [5.41, 5.74) is 2.27. The van der Waals surface area contributed by atoms with Crippen molar-refractivity contribution in [1.82, 2.24) is 10.5 Å². The van der Waals surface area contributed by atoms with Gasteiger partial charge in [0.25, 0.3) is 0 Å². The molecule has 5 heteroatoms. The number of anilines is 1. The Morgan fingerprint density at radius 2 is 2.16 bits per heavy atom. The molecule has 2 rings (SSSR count). The van der Waals surface area contributed by atoms with E-state index in [4.69, 9.17) is 4.52 Å². The maximum absolute atomic E-state index is 11.6. The number of nitrogens with zero attached hydrogens (tertiary/aromatic N) is 1. The highest BCUT2D eigenvalue weighted by atomic mass is 16.5. The summed E-state index contributed by atoms with van der Waals surface area (Å²) in [6.07, 6.45) is 0. The van der Waals surface area contributed by atoms with Crippen molar-refractivity contribution in [3.63, 3.8) is 0 Å². The Kier molecular flexibility index (Phi) is 4.18. The van der Waals surface area contributed by atoms with Crippen LogP contribution in [0.25, 0.3) is 0 Å². The zero-order chi connectivity index (χ0) is 13.7. The number of benzene rings is 1. The van der Waals surface area contributed by atoms with E-state index in [-0.39, 0.29) is 12.5 Å². The molecular formula is C14H17N3O2. The van der Waals surface area contributed by atoms with Crippen LogP contribution in [-0.2, 0) is 11.3 Å². The Bertz CT molecular complexity index is 563. The first-order valence-corrected chi connectivity index (χ1v) is 6.13. The number of amides is 1. The van der Waals surface area contributed by atoms with Gasteiger partial charge in [-0.2, -0.15) is 0 Å². The summed E-state index contributed by atoms with van der Waals surface area (Å²) in [6, 6.07) is 9.79. The highest BCUT2D eigenvalue weighted by Crippen LogP contribution is 2.06. The standard InChI is InChI=1S/C14H17N3O2/c1-10-4-3-5-12(6-10)8-16-14(18)9-15-13-7-11(2)19-17-13/h3-7H,8-9H2,1-2H3,(H,15,17)(H,16,18). The van der Waals surface area contributed by atoms with Gasteiger partial charge in [0.15, 0.2) is 5.82 Å². The summed E-state index contributed by atoms with van der Waals surface area (Å²) >= 11 is 0. The van der Waals surface area contributed by atoms with Gasteiger partial charge in [0.05, 0.1) is 6.54 Å². The van der Waals surface area contributed by atoms with Crippen molar-refractivity contribution in [2.75, 3.05) is 11.9 Å². The lowest BCUT2D eigenvalue weighted by Gasteiger charge is -2.06. The molecule has 0 bridgehead atoms. The number of nitrogens with one attached hydrogen (secondary N) is 2. The summed E-state index contributed by atoms with van der Waals surface area (Å²) < 4.78 is 4.90. The van der Waals surface area contributed by atoms with E-state index in [0.717, 1.165) is 5.56 Å². The van der Waals surface area contributed by atoms with Crippen LogP contribution in [0.5, 0.6) is 0 Å². The molecule has 1 amide bonds. The second-order valence-corrected chi connectivity index (χ2v) is 4.44. The van der Waals surface area contributed by atoms with Crippen molar-refractivity contribution in [3.05, 3.63) is 47.2 Å². The van der Waals surface area contributed by atoms with Crippen molar-refractivity contribution < 1.29 is 9.32 Å². The van der Waals surface area contributed by atoms with Gasteiger partial charge < -0.3 is 15.2 Å². The minimum Gasteiger partial charge on any atom is -0.360 e. The molecule has 1 aromatic carbocycles. The van der Waals surface area contributed by atoms with Crippen molar-refractivity contribution in [3.8, 4) is 0 Å². The lowest BCUT2D eigenvalue weighted by atomic mass is 10.1. The van der Waals surface area contributed by atoms with Crippen molar-refractivity contribution in [1.29, 1.82) is 0 Å². The van der Waals surface area contributed by atoms with Gasteiger partial charge in [0.2, 0.25) is 5.91 Å². The van der Waals surface area contributed by atoms with Crippen LogP contribution in [0.2, 0.25) is 0 Å². The first-order chi connectivity index (χ1) is 9.13. The van der Waals surface area contributed by atoms with Gasteiger partial charge >= 0.3 is 0 Å². The average molecular weight is 259 g/mol. The van der Waals surface area contributed by atoms with Crippen LogP contribution in [0.1, 0.15) is 16.9 Å². The molecule has 2 aromatic rings. The number of carbonyl (C=O) groups excluding carboxylic acids is 1. The second-order valence-electron chi connectivity index (χ2n) is 4.44. The number of hydrogen-bond donors (Lipinski definition) is 2. The molecule has 0 aliphatic rings. The molecule has 0 saturated carbocycles. The molecule has 1 heterocycles. The van der Waals surface area contributed by atoms with E-state index in [2.05, 4.69) is 21.9 Å². The van der Waals surface area contributed by atoms with Gasteiger partial charge in [-0.05, 0) is 19.4 Å². The van der Waals surface area contributed by atoms with Gasteiger partial charge in [0.1, 0.15) is 5.76 Å². The topological polar surface area (TPSA) is 67.2 Å². The Hall–Kier alpha value is -2.30. The van der Waals surface area contributed by atoms with Crippen LogP contribution in [0.3, 0.4) is 0 Å². The predicted molar refractivity (Wildman–Crippen MR) is 72.8 cm³/mol. The van der Waals surface area contributed by atoms with E-state index >= 15 is 0 Å². The number of hydrogen-bond acceptors (Lipinski definition) is 4. The minimum absolute atomic E-state index is 0.0813. The third-order valence-corrected chi connectivity index (χ3v) is 2.63. The van der Waals surface area contributed by atoms with Crippen LogP contribution < -0.4 is 10.6 Å². The third-order valence-electron chi connectivity index (χ3n) is 2.63. The maximum atomic E-state index is 11.6. The molecule has 0 aliphatic carbocycles. The zero-order valence-electron chi connectivity index (χ0n) is 11.1. The van der Waals surface area contributed by atoms with Gasteiger partial charge in [-0.25, -0.2) is 0 Å². The molecule has 19 heavy (non-hydrogen) atoms. The fourth-order valence-electron chi connectivity index (χ4n) is 1.71. The molecule has 0 saturated heterocycles. The van der Waals surface area contributed by atoms with E-state index in [1.165, 1.54) is 5.56 Å². The fourth-order valence-corrected chi connectivity index (χ4v) is 1.71. The molecule has 0 unspecified atom stereocenters. The van der Waals surface area contributed by atoms with E-state index in [0.29, 0.717) is 18.1 Å².